The van der Waals surface area contributed by atoms with E-state index < -0.39 is 0 Å². The van der Waals surface area contributed by atoms with Crippen LogP contribution in [-0.4, -0.2) is 31.7 Å². The molecule has 0 aromatic heterocycles. The molecule has 1 unspecified atom stereocenters. The van der Waals surface area contributed by atoms with Crippen LogP contribution in [0.3, 0.4) is 0 Å². The summed E-state index contributed by atoms with van der Waals surface area (Å²) >= 11 is 1.88. The van der Waals surface area contributed by atoms with Crippen molar-refractivity contribution in [3.05, 3.63) is 29.3 Å². The summed E-state index contributed by atoms with van der Waals surface area (Å²) in [5.41, 5.74) is 2.59. The van der Waals surface area contributed by atoms with E-state index in [1.54, 1.807) is 7.11 Å². The molecule has 96 valence electrons. The molecule has 1 N–H and O–H groups in total. The van der Waals surface area contributed by atoms with Crippen LogP contribution in [0.5, 0.6) is 5.75 Å². The van der Waals surface area contributed by atoms with E-state index in [0.717, 1.165) is 24.5 Å². The Balaban J connectivity index is 2.79. The maximum Gasteiger partial charge on any atom is 0.122 e. The Morgan fingerprint density at radius 3 is 2.76 bits per heavy atom. The third-order valence-electron chi connectivity index (χ3n) is 2.76. The summed E-state index contributed by atoms with van der Waals surface area (Å²) < 4.78 is 5.42. The van der Waals surface area contributed by atoms with Crippen molar-refractivity contribution in [2.24, 2.45) is 0 Å². The van der Waals surface area contributed by atoms with Gasteiger partial charge < -0.3 is 10.1 Å². The van der Waals surface area contributed by atoms with Crippen molar-refractivity contribution < 1.29 is 4.74 Å². The quantitative estimate of drug-likeness (QED) is 0.807. The molecule has 0 saturated carbocycles. The molecule has 0 aliphatic rings. The standard InChI is InChI=1S/C14H23NOS/c1-5-15-13(10-17-4)9-12-8-11(2)6-7-14(12)16-3/h6-8,13,15H,5,9-10H2,1-4H3. The molecule has 1 atom stereocenters. The summed E-state index contributed by atoms with van der Waals surface area (Å²) in [7, 11) is 1.74. The summed E-state index contributed by atoms with van der Waals surface area (Å²) in [4.78, 5) is 0. The molecule has 0 amide bonds. The van der Waals surface area contributed by atoms with Crippen molar-refractivity contribution >= 4 is 11.8 Å². The molecule has 0 bridgehead atoms. The van der Waals surface area contributed by atoms with Gasteiger partial charge >= 0.3 is 0 Å². The van der Waals surface area contributed by atoms with Crippen LogP contribution in [0, 0.1) is 6.92 Å². The lowest BCUT2D eigenvalue weighted by Gasteiger charge is -2.18. The zero-order valence-corrected chi connectivity index (χ0v) is 12.1. The van der Waals surface area contributed by atoms with Crippen LogP contribution in [0.1, 0.15) is 18.1 Å². The minimum absolute atomic E-state index is 0.519. The smallest absolute Gasteiger partial charge is 0.122 e. The van der Waals surface area contributed by atoms with Gasteiger partial charge in [-0.1, -0.05) is 24.6 Å². The summed E-state index contributed by atoms with van der Waals surface area (Å²) in [6, 6.07) is 6.90. The number of nitrogens with one attached hydrogen (secondary N) is 1. The van der Waals surface area contributed by atoms with E-state index in [-0.39, 0.29) is 0 Å². The first-order valence-electron chi connectivity index (χ1n) is 6.07. The molecule has 1 aromatic rings. The summed E-state index contributed by atoms with van der Waals surface area (Å²) in [6.07, 6.45) is 3.18. The fourth-order valence-electron chi connectivity index (χ4n) is 2.01. The third kappa shape index (κ3) is 4.60. The third-order valence-corrected chi connectivity index (χ3v) is 3.50. The number of aryl methyl sites for hydroxylation is 1. The second-order valence-corrected chi connectivity index (χ2v) is 5.14. The molecule has 0 aliphatic carbocycles. The molecule has 0 spiro atoms. The maximum absolute atomic E-state index is 5.42. The average Bonchev–Trinajstić information content (AvgIpc) is 2.30. The average molecular weight is 253 g/mol. The number of benzene rings is 1. The van der Waals surface area contributed by atoms with Crippen LogP contribution in [0.2, 0.25) is 0 Å². The van der Waals surface area contributed by atoms with E-state index in [0.29, 0.717) is 6.04 Å². The Morgan fingerprint density at radius 2 is 2.18 bits per heavy atom. The topological polar surface area (TPSA) is 21.3 Å². The summed E-state index contributed by atoms with van der Waals surface area (Å²) in [5.74, 6) is 2.13. The first-order chi connectivity index (χ1) is 8.21. The van der Waals surface area contributed by atoms with E-state index in [2.05, 4.69) is 43.6 Å². The van der Waals surface area contributed by atoms with Gasteiger partial charge in [0.05, 0.1) is 7.11 Å². The lowest BCUT2D eigenvalue weighted by atomic mass is 10.0. The first kappa shape index (κ1) is 14.4. The summed E-state index contributed by atoms with van der Waals surface area (Å²) in [6.45, 7) is 5.29. The number of likely N-dealkylation sites (N-methyl/N-ethyl adjacent to an activating group) is 1. The molecule has 0 saturated heterocycles. The Bertz CT molecular complexity index is 335. The predicted molar refractivity (Wildman–Crippen MR) is 77.3 cm³/mol. The fourth-order valence-corrected chi connectivity index (χ4v) is 2.65. The van der Waals surface area contributed by atoms with Gasteiger partial charge in [0.1, 0.15) is 5.75 Å². The Morgan fingerprint density at radius 1 is 1.41 bits per heavy atom. The Labute approximate surface area is 109 Å². The van der Waals surface area contributed by atoms with Crippen LogP contribution in [0.25, 0.3) is 0 Å². The van der Waals surface area contributed by atoms with E-state index in [4.69, 9.17) is 4.74 Å². The van der Waals surface area contributed by atoms with Gasteiger partial charge in [0.25, 0.3) is 0 Å². The van der Waals surface area contributed by atoms with E-state index >= 15 is 0 Å². The van der Waals surface area contributed by atoms with Gasteiger partial charge in [-0.25, -0.2) is 0 Å². The van der Waals surface area contributed by atoms with Crippen molar-refractivity contribution in [3.8, 4) is 5.75 Å². The van der Waals surface area contributed by atoms with Gasteiger partial charge in [-0.05, 0) is 37.8 Å². The molecule has 1 aromatic carbocycles. The molecule has 17 heavy (non-hydrogen) atoms. The van der Waals surface area contributed by atoms with Crippen molar-refractivity contribution in [2.45, 2.75) is 26.3 Å². The van der Waals surface area contributed by atoms with E-state index in [1.165, 1.54) is 11.1 Å². The number of hydrogen-bond acceptors (Lipinski definition) is 3. The maximum atomic E-state index is 5.42. The predicted octanol–water partition coefficient (Wildman–Crippen LogP) is 2.89. The lowest BCUT2D eigenvalue weighted by Crippen LogP contribution is -2.33. The normalized spacial score (nSPS) is 12.5. The van der Waals surface area contributed by atoms with E-state index in [1.807, 2.05) is 11.8 Å². The molecule has 0 aliphatic heterocycles. The number of ether oxygens (including phenoxy) is 1. The lowest BCUT2D eigenvalue weighted by molar-refractivity contribution is 0.406. The van der Waals surface area contributed by atoms with E-state index in [9.17, 15) is 0 Å². The minimum atomic E-state index is 0.519. The number of thioether (sulfide) groups is 1. The molecule has 0 radical (unpaired) electrons. The summed E-state index contributed by atoms with van der Waals surface area (Å²) in [5, 5.41) is 3.53. The zero-order valence-electron chi connectivity index (χ0n) is 11.2. The van der Waals surface area contributed by atoms with Gasteiger partial charge in [0.2, 0.25) is 0 Å². The highest BCUT2D eigenvalue weighted by atomic mass is 32.2. The number of methoxy groups -OCH3 is 1. The second kappa shape index (κ2) is 7.62. The fraction of sp³-hybridized carbons (Fsp3) is 0.571. The molecule has 1 rings (SSSR count). The van der Waals surface area contributed by atoms with Crippen LogP contribution in [-0.2, 0) is 6.42 Å². The van der Waals surface area contributed by atoms with Crippen LogP contribution < -0.4 is 10.1 Å². The second-order valence-electron chi connectivity index (χ2n) is 4.23. The molecule has 0 fully saturated rings. The van der Waals surface area contributed by atoms with Gasteiger partial charge in [0.15, 0.2) is 0 Å². The number of hydrogen-bond donors (Lipinski definition) is 1. The molecule has 0 heterocycles. The monoisotopic (exact) mass is 253 g/mol. The highest BCUT2D eigenvalue weighted by molar-refractivity contribution is 7.98. The Hall–Kier alpha value is -0.670. The first-order valence-corrected chi connectivity index (χ1v) is 7.46. The molecular weight excluding hydrogens is 230 g/mol. The highest BCUT2D eigenvalue weighted by Gasteiger charge is 2.11. The molecule has 3 heteroatoms. The van der Waals surface area contributed by atoms with Gasteiger partial charge in [-0.2, -0.15) is 11.8 Å². The van der Waals surface area contributed by atoms with Crippen molar-refractivity contribution in [2.75, 3.05) is 25.7 Å². The molecule has 2 nitrogen and oxygen atoms in total. The Kier molecular flexibility index (Phi) is 6.45. The van der Waals surface area contributed by atoms with Crippen LogP contribution >= 0.6 is 11.8 Å². The van der Waals surface area contributed by atoms with Crippen molar-refractivity contribution in [1.29, 1.82) is 0 Å². The SMILES string of the molecule is CCNC(CSC)Cc1cc(C)ccc1OC. The van der Waals surface area contributed by atoms with Gasteiger partial charge in [0, 0.05) is 11.8 Å². The van der Waals surface area contributed by atoms with Gasteiger partial charge in [-0.15, -0.1) is 0 Å². The van der Waals surface area contributed by atoms with Crippen LogP contribution in [0.15, 0.2) is 18.2 Å². The minimum Gasteiger partial charge on any atom is -0.496 e. The van der Waals surface area contributed by atoms with Crippen molar-refractivity contribution in [3.63, 3.8) is 0 Å². The zero-order chi connectivity index (χ0) is 12.7. The van der Waals surface area contributed by atoms with Crippen LogP contribution in [0.4, 0.5) is 0 Å². The largest absolute Gasteiger partial charge is 0.496 e. The van der Waals surface area contributed by atoms with Crippen molar-refractivity contribution in [1.82, 2.24) is 5.32 Å². The highest BCUT2D eigenvalue weighted by Crippen LogP contribution is 2.21. The van der Waals surface area contributed by atoms with Gasteiger partial charge in [-0.3, -0.25) is 0 Å². The number of rotatable bonds is 7. The molecular formula is C14H23NOS.